The molecule has 2 heterocycles. The summed E-state index contributed by atoms with van der Waals surface area (Å²) in [5.41, 5.74) is 7.90. The highest BCUT2D eigenvalue weighted by molar-refractivity contribution is 8.13. The summed E-state index contributed by atoms with van der Waals surface area (Å²) in [6.07, 6.45) is 0.667. The summed E-state index contributed by atoms with van der Waals surface area (Å²) >= 11 is 2.56. The van der Waals surface area contributed by atoms with Gasteiger partial charge in [-0.15, -0.1) is 0 Å². The number of nitrogens with one attached hydrogen (secondary N) is 1. The van der Waals surface area contributed by atoms with Crippen LogP contribution < -0.4 is 11.1 Å². The van der Waals surface area contributed by atoms with Crippen molar-refractivity contribution < 1.29 is 9.18 Å². The van der Waals surface area contributed by atoms with Crippen molar-refractivity contribution in [3.8, 4) is 0 Å². The maximum atomic E-state index is 14.5. The fourth-order valence-electron chi connectivity index (χ4n) is 3.02. The van der Waals surface area contributed by atoms with Gasteiger partial charge in [0.2, 0.25) is 0 Å². The van der Waals surface area contributed by atoms with Crippen molar-refractivity contribution >= 4 is 51.3 Å². The number of hydrogen-bond acceptors (Lipinski definition) is 7. The van der Waals surface area contributed by atoms with Crippen LogP contribution in [0.3, 0.4) is 0 Å². The Labute approximate surface area is 163 Å². The summed E-state index contributed by atoms with van der Waals surface area (Å²) in [5, 5.41) is 3.26. The van der Waals surface area contributed by atoms with Gasteiger partial charge in [0.05, 0.1) is 17.3 Å². The zero-order valence-corrected chi connectivity index (χ0v) is 16.0. The Morgan fingerprint density at radius 2 is 2.04 bits per heavy atom. The molecular weight excluding hydrogens is 385 g/mol. The summed E-state index contributed by atoms with van der Waals surface area (Å²) in [6.45, 7) is 1.85. The SMILES string of the molecule is CC1(c2cc(NC(=O)c3ccc4nsnc4c3)ccc2F)CCSC(N)=N1. The molecule has 3 N–H and O–H groups in total. The van der Waals surface area contributed by atoms with E-state index in [2.05, 4.69) is 19.1 Å². The molecule has 6 nitrogen and oxygen atoms in total. The number of nitrogens with two attached hydrogens (primary N) is 1. The largest absolute Gasteiger partial charge is 0.379 e. The van der Waals surface area contributed by atoms with Gasteiger partial charge in [0.15, 0.2) is 5.17 Å². The first-order valence-electron chi connectivity index (χ1n) is 8.26. The van der Waals surface area contributed by atoms with E-state index in [1.54, 1.807) is 24.3 Å². The van der Waals surface area contributed by atoms with Gasteiger partial charge in [0.1, 0.15) is 16.9 Å². The molecule has 138 valence electrons. The van der Waals surface area contributed by atoms with Crippen molar-refractivity contribution in [1.82, 2.24) is 8.75 Å². The molecular formula is C18H16FN5OS2. The van der Waals surface area contributed by atoms with Crippen LogP contribution in [-0.4, -0.2) is 25.6 Å². The Balaban J connectivity index is 1.63. The monoisotopic (exact) mass is 401 g/mol. The number of aliphatic imine (C=N–C) groups is 1. The molecule has 0 saturated heterocycles. The Hall–Kier alpha value is -2.52. The lowest BCUT2D eigenvalue weighted by Gasteiger charge is -2.30. The Morgan fingerprint density at radius 3 is 2.85 bits per heavy atom. The number of fused-ring (bicyclic) bond motifs is 1. The molecule has 27 heavy (non-hydrogen) atoms. The highest BCUT2D eigenvalue weighted by Crippen LogP contribution is 2.37. The number of halogens is 1. The molecule has 0 bridgehead atoms. The highest BCUT2D eigenvalue weighted by atomic mass is 32.2. The zero-order valence-electron chi connectivity index (χ0n) is 14.4. The highest BCUT2D eigenvalue weighted by Gasteiger charge is 2.32. The number of anilines is 1. The zero-order chi connectivity index (χ0) is 19.0. The molecule has 4 rings (SSSR count). The van der Waals surface area contributed by atoms with Crippen LogP contribution in [0.2, 0.25) is 0 Å². The van der Waals surface area contributed by atoms with Crippen molar-refractivity contribution in [3.63, 3.8) is 0 Å². The van der Waals surface area contributed by atoms with Crippen LogP contribution in [0.5, 0.6) is 0 Å². The third-order valence-corrected chi connectivity index (χ3v) is 5.87. The molecule has 9 heteroatoms. The number of thioether (sulfide) groups is 1. The van der Waals surface area contributed by atoms with Gasteiger partial charge in [-0.25, -0.2) is 4.39 Å². The van der Waals surface area contributed by atoms with Crippen molar-refractivity contribution in [2.45, 2.75) is 18.9 Å². The number of aromatic nitrogens is 2. The van der Waals surface area contributed by atoms with Crippen molar-refractivity contribution in [2.24, 2.45) is 10.7 Å². The van der Waals surface area contributed by atoms with Crippen LogP contribution in [-0.2, 0) is 5.54 Å². The quantitative estimate of drug-likeness (QED) is 0.697. The lowest BCUT2D eigenvalue weighted by atomic mass is 9.89. The Bertz CT molecular complexity index is 1070. The van der Waals surface area contributed by atoms with Crippen LogP contribution in [0, 0.1) is 5.82 Å². The van der Waals surface area contributed by atoms with Gasteiger partial charge in [-0.3, -0.25) is 9.79 Å². The van der Waals surface area contributed by atoms with E-state index in [4.69, 9.17) is 5.73 Å². The van der Waals surface area contributed by atoms with Crippen molar-refractivity contribution in [2.75, 3.05) is 11.1 Å². The maximum absolute atomic E-state index is 14.5. The average molecular weight is 401 g/mol. The smallest absolute Gasteiger partial charge is 0.255 e. The average Bonchev–Trinajstić information content (AvgIpc) is 3.10. The van der Waals surface area contributed by atoms with Crippen LogP contribution >= 0.6 is 23.5 Å². The van der Waals surface area contributed by atoms with Gasteiger partial charge in [0.25, 0.3) is 5.91 Å². The van der Waals surface area contributed by atoms with Crippen LogP contribution in [0.1, 0.15) is 29.3 Å². The van der Waals surface area contributed by atoms with Crippen LogP contribution in [0.25, 0.3) is 11.0 Å². The third kappa shape index (κ3) is 3.52. The van der Waals surface area contributed by atoms with E-state index in [-0.39, 0.29) is 11.7 Å². The molecule has 0 aliphatic carbocycles. The minimum atomic E-state index is -0.745. The van der Waals surface area contributed by atoms with Gasteiger partial charge < -0.3 is 11.1 Å². The van der Waals surface area contributed by atoms with Crippen molar-refractivity contribution in [3.05, 3.63) is 53.3 Å². The molecule has 1 amide bonds. The second kappa shape index (κ2) is 6.90. The number of carbonyl (C=O) groups excluding carboxylic acids is 1. The maximum Gasteiger partial charge on any atom is 0.255 e. The molecule has 1 aliphatic heterocycles. The summed E-state index contributed by atoms with van der Waals surface area (Å²) in [4.78, 5) is 17.0. The van der Waals surface area contributed by atoms with E-state index < -0.39 is 5.54 Å². The molecule has 1 atom stereocenters. The van der Waals surface area contributed by atoms with E-state index in [1.807, 2.05) is 6.92 Å². The molecule has 1 unspecified atom stereocenters. The van der Waals surface area contributed by atoms with Gasteiger partial charge in [-0.05, 0) is 49.7 Å². The Morgan fingerprint density at radius 1 is 1.22 bits per heavy atom. The van der Waals surface area contributed by atoms with Gasteiger partial charge in [-0.2, -0.15) is 8.75 Å². The second-order valence-corrected chi connectivity index (χ2v) is 8.08. The molecule has 0 fully saturated rings. The van der Waals surface area contributed by atoms with E-state index in [0.717, 1.165) is 23.0 Å². The number of benzene rings is 2. The molecule has 2 aromatic carbocycles. The normalized spacial score (nSPS) is 19.7. The number of rotatable bonds is 3. The number of hydrogen-bond donors (Lipinski definition) is 2. The lowest BCUT2D eigenvalue weighted by molar-refractivity contribution is 0.102. The summed E-state index contributed by atoms with van der Waals surface area (Å²) in [6, 6.07) is 9.63. The third-order valence-electron chi connectivity index (χ3n) is 4.52. The standard InChI is InChI=1S/C18H16FN5OS2/c1-18(6-7-26-17(20)22-18)12-9-11(3-4-13(12)19)21-16(25)10-2-5-14-15(8-10)24-27-23-14/h2-5,8-9H,6-7H2,1H3,(H2,20,22)(H,21,25). The molecule has 0 radical (unpaired) electrons. The van der Waals surface area contributed by atoms with E-state index in [1.165, 1.54) is 23.9 Å². The van der Waals surface area contributed by atoms with Crippen molar-refractivity contribution in [1.29, 1.82) is 0 Å². The summed E-state index contributed by atoms with van der Waals surface area (Å²) in [5.74, 6) is 0.104. The van der Waals surface area contributed by atoms with Gasteiger partial charge in [0, 0.05) is 22.6 Å². The molecule has 3 aromatic rings. The van der Waals surface area contributed by atoms with E-state index in [0.29, 0.717) is 33.9 Å². The second-order valence-electron chi connectivity index (χ2n) is 6.44. The fraction of sp³-hybridized carbons (Fsp3) is 0.222. The summed E-state index contributed by atoms with van der Waals surface area (Å²) < 4.78 is 22.7. The first-order chi connectivity index (χ1) is 12.9. The number of carbonyl (C=O) groups is 1. The van der Waals surface area contributed by atoms with Gasteiger partial charge in [-0.1, -0.05) is 11.8 Å². The lowest BCUT2D eigenvalue weighted by Crippen LogP contribution is -2.29. The van der Waals surface area contributed by atoms with Gasteiger partial charge >= 0.3 is 0 Å². The van der Waals surface area contributed by atoms with Crippen LogP contribution in [0.4, 0.5) is 10.1 Å². The molecule has 0 spiro atoms. The Kier molecular flexibility index (Phi) is 4.56. The minimum absolute atomic E-state index is 0.296. The van der Waals surface area contributed by atoms with Crippen LogP contribution in [0.15, 0.2) is 41.4 Å². The van der Waals surface area contributed by atoms with E-state index >= 15 is 0 Å². The molecule has 0 saturated carbocycles. The fourth-order valence-corrected chi connectivity index (χ4v) is 4.52. The first-order valence-corrected chi connectivity index (χ1v) is 9.98. The number of nitrogens with zero attached hydrogens (tertiary/aromatic N) is 3. The number of amides is 1. The number of amidine groups is 1. The first kappa shape index (κ1) is 17.9. The minimum Gasteiger partial charge on any atom is -0.379 e. The predicted octanol–water partition coefficient (Wildman–Crippen LogP) is 3.75. The van der Waals surface area contributed by atoms with E-state index in [9.17, 15) is 9.18 Å². The topological polar surface area (TPSA) is 93.3 Å². The predicted molar refractivity (Wildman–Crippen MR) is 108 cm³/mol. The molecule has 1 aliphatic rings. The molecule has 1 aromatic heterocycles. The summed E-state index contributed by atoms with van der Waals surface area (Å²) in [7, 11) is 0.